The smallest absolute Gasteiger partial charge is 0.216 e. The van der Waals surface area contributed by atoms with Crippen LogP contribution in [0.25, 0.3) is 83.7 Å². The van der Waals surface area contributed by atoms with Crippen molar-refractivity contribution in [2.24, 2.45) is 5.92 Å². The number of fused-ring (bicyclic) bond motifs is 4. The SMILES string of the molecule is CC(C)Cc1cc(-c2[c-]cccc2)ncc1[Si](C)(C)C.Cc1ccc2c(n1)oc1c(-c3nc4ccccc4n3-c3c(-c4ccccc4)cccc3-c3ccccc3)[c-]cc(C)c12.[Ir]. The standard InChI is InChI=1S/C38H26N3O.C18H24NSi.Ir/c1-24-20-22-31(36-34(24)30-23-21-25(2)39-38(30)42-36)37-40-32-18-9-10-19-33(32)41(37)35-28(26-12-5-3-6-13-26)16-11-17-29(35)27-14-7-4-8-15-27;1-14(2)11-16-12-17(15-9-7-6-8-10-15)19-13-18(16)20(3,4)5;/h3-21,23H,1-2H3;6-9,12-14H,11H2,1-5H3;/q2*-1;. The largest absolute Gasteiger partial charge is 0.486 e. The molecule has 1 radical (unpaired) electrons. The van der Waals surface area contributed by atoms with E-state index in [-0.39, 0.29) is 20.1 Å². The third kappa shape index (κ3) is 8.74. The summed E-state index contributed by atoms with van der Waals surface area (Å²) in [6.07, 6.45) is 3.24. The molecule has 0 spiro atoms. The van der Waals surface area contributed by atoms with Crippen molar-refractivity contribution < 1.29 is 24.5 Å². The first kappa shape index (κ1) is 43.4. The minimum absolute atomic E-state index is 0. The molecule has 0 N–H and O–H groups in total. The summed E-state index contributed by atoms with van der Waals surface area (Å²) in [4.78, 5) is 14.6. The summed E-state index contributed by atoms with van der Waals surface area (Å²) in [6, 6.07) is 59.3. The van der Waals surface area contributed by atoms with Crippen molar-refractivity contribution in [3.8, 4) is 50.6 Å². The summed E-state index contributed by atoms with van der Waals surface area (Å²) in [5, 5.41) is 3.54. The Labute approximate surface area is 385 Å². The van der Waals surface area contributed by atoms with Gasteiger partial charge in [0.2, 0.25) is 5.71 Å². The molecule has 6 aromatic carbocycles. The van der Waals surface area contributed by atoms with Crippen LogP contribution in [0.1, 0.15) is 30.7 Å². The molecular formula is C56H50IrN4OSi-2. The van der Waals surface area contributed by atoms with E-state index in [4.69, 9.17) is 14.4 Å². The maximum absolute atomic E-state index is 6.52. The van der Waals surface area contributed by atoms with Crippen LogP contribution in [0.5, 0.6) is 0 Å². The molecule has 0 amide bonds. The van der Waals surface area contributed by atoms with E-state index in [0.717, 1.165) is 95.7 Å². The minimum atomic E-state index is -1.34. The fraction of sp³-hybridized carbons (Fsp3) is 0.161. The number of imidazole rings is 1. The van der Waals surface area contributed by atoms with Crippen molar-refractivity contribution in [3.05, 3.63) is 187 Å². The van der Waals surface area contributed by atoms with Gasteiger partial charge in [0.25, 0.3) is 0 Å². The van der Waals surface area contributed by atoms with Gasteiger partial charge in [-0.1, -0.05) is 154 Å². The van der Waals surface area contributed by atoms with Gasteiger partial charge in [-0.3, -0.25) is 4.98 Å². The van der Waals surface area contributed by atoms with Gasteiger partial charge in [0.1, 0.15) is 0 Å². The molecule has 10 aromatic rings. The number of hydrogen-bond donors (Lipinski definition) is 0. The van der Waals surface area contributed by atoms with Crippen LogP contribution >= 0.6 is 0 Å². The topological polar surface area (TPSA) is 56.7 Å². The second kappa shape index (κ2) is 18.2. The molecule has 0 unspecified atom stereocenters. The molecule has 315 valence electrons. The van der Waals surface area contributed by atoms with Gasteiger partial charge in [0.05, 0.1) is 36.2 Å². The van der Waals surface area contributed by atoms with E-state index >= 15 is 0 Å². The Morgan fingerprint density at radius 3 is 2.03 bits per heavy atom. The van der Waals surface area contributed by atoms with E-state index in [2.05, 4.69) is 184 Å². The Bertz CT molecular complexity index is 3130. The van der Waals surface area contributed by atoms with Crippen LogP contribution in [0.3, 0.4) is 0 Å². The number of rotatable bonds is 8. The Hall–Kier alpha value is -6.24. The summed E-state index contributed by atoms with van der Waals surface area (Å²) in [6.45, 7) is 15.8. The first-order valence-electron chi connectivity index (χ1n) is 21.4. The van der Waals surface area contributed by atoms with Gasteiger partial charge in [0.15, 0.2) is 0 Å². The number of furan rings is 1. The summed E-state index contributed by atoms with van der Waals surface area (Å²) < 4.78 is 8.80. The summed E-state index contributed by atoms with van der Waals surface area (Å²) in [7, 11) is -1.34. The van der Waals surface area contributed by atoms with Gasteiger partial charge in [0, 0.05) is 48.5 Å². The van der Waals surface area contributed by atoms with Crippen LogP contribution in [0, 0.1) is 31.9 Å². The molecule has 0 aliphatic rings. The molecule has 0 bridgehead atoms. The number of pyridine rings is 2. The van der Waals surface area contributed by atoms with E-state index in [1.807, 2.05) is 43.3 Å². The van der Waals surface area contributed by atoms with Gasteiger partial charge in [-0.25, -0.2) is 4.98 Å². The minimum Gasteiger partial charge on any atom is -0.486 e. The van der Waals surface area contributed by atoms with Crippen LogP contribution in [-0.4, -0.2) is 27.6 Å². The molecule has 7 heteroatoms. The molecule has 10 rings (SSSR count). The maximum Gasteiger partial charge on any atom is 0.216 e. The zero-order valence-electron chi connectivity index (χ0n) is 36.8. The van der Waals surface area contributed by atoms with Crippen molar-refractivity contribution in [1.82, 2.24) is 19.5 Å². The van der Waals surface area contributed by atoms with E-state index in [1.165, 1.54) is 10.8 Å². The predicted octanol–water partition coefficient (Wildman–Crippen LogP) is 14.0. The number of aromatic nitrogens is 4. The average Bonchev–Trinajstić information content (AvgIpc) is 3.86. The third-order valence-corrected chi connectivity index (χ3v) is 13.4. The van der Waals surface area contributed by atoms with E-state index < -0.39 is 8.07 Å². The molecule has 4 heterocycles. The molecule has 0 atom stereocenters. The van der Waals surface area contributed by atoms with Crippen LogP contribution in [0.2, 0.25) is 19.6 Å². The van der Waals surface area contributed by atoms with Crippen LogP contribution in [-0.2, 0) is 26.5 Å². The van der Waals surface area contributed by atoms with Crippen LogP contribution < -0.4 is 5.19 Å². The number of benzene rings is 6. The number of nitrogens with zero attached hydrogens (tertiary/aromatic N) is 4. The molecule has 0 aliphatic carbocycles. The molecule has 63 heavy (non-hydrogen) atoms. The van der Waals surface area contributed by atoms with Gasteiger partial charge in [-0.05, 0) is 65.5 Å². The molecular weight excluding hydrogens is 965 g/mol. The summed E-state index contributed by atoms with van der Waals surface area (Å²) in [5.41, 5.74) is 15.3. The Morgan fingerprint density at radius 1 is 0.714 bits per heavy atom. The first-order chi connectivity index (χ1) is 30.0. The van der Waals surface area contributed by atoms with Gasteiger partial charge in [-0.15, -0.1) is 53.6 Å². The third-order valence-electron chi connectivity index (χ3n) is 11.4. The summed E-state index contributed by atoms with van der Waals surface area (Å²) in [5.74, 6) is 1.44. The molecule has 0 saturated carbocycles. The average molecular weight is 1020 g/mol. The molecule has 4 aromatic heterocycles. The second-order valence-electron chi connectivity index (χ2n) is 17.5. The molecule has 0 aliphatic heterocycles. The van der Waals surface area contributed by atoms with Gasteiger partial charge < -0.3 is 14.0 Å². The van der Waals surface area contributed by atoms with Crippen molar-refractivity contribution >= 4 is 46.4 Å². The van der Waals surface area contributed by atoms with Crippen LogP contribution in [0.4, 0.5) is 0 Å². The Kier molecular flexibility index (Phi) is 12.6. The zero-order valence-corrected chi connectivity index (χ0v) is 40.2. The van der Waals surface area contributed by atoms with Crippen molar-refractivity contribution in [2.45, 2.75) is 53.8 Å². The van der Waals surface area contributed by atoms with E-state index in [1.54, 1.807) is 0 Å². The monoisotopic (exact) mass is 1020 g/mol. The quantitative estimate of drug-likeness (QED) is 0.112. The van der Waals surface area contributed by atoms with Crippen LogP contribution in [0.15, 0.2) is 162 Å². The fourth-order valence-corrected chi connectivity index (χ4v) is 10.1. The normalized spacial score (nSPS) is 11.5. The first-order valence-corrected chi connectivity index (χ1v) is 24.9. The van der Waals surface area contributed by atoms with Crippen molar-refractivity contribution in [2.75, 3.05) is 0 Å². The van der Waals surface area contributed by atoms with Gasteiger partial charge >= 0.3 is 0 Å². The number of para-hydroxylation sites is 3. The van der Waals surface area contributed by atoms with Crippen molar-refractivity contribution in [3.63, 3.8) is 0 Å². The number of hydrogen-bond acceptors (Lipinski definition) is 4. The molecule has 0 saturated heterocycles. The molecule has 0 fully saturated rings. The fourth-order valence-electron chi connectivity index (χ4n) is 8.51. The summed E-state index contributed by atoms with van der Waals surface area (Å²) >= 11 is 0. The van der Waals surface area contributed by atoms with Gasteiger partial charge in [-0.2, -0.15) is 0 Å². The zero-order chi connectivity index (χ0) is 43.0. The van der Waals surface area contributed by atoms with Crippen molar-refractivity contribution in [1.29, 1.82) is 0 Å². The van der Waals surface area contributed by atoms with E-state index in [9.17, 15) is 0 Å². The second-order valence-corrected chi connectivity index (χ2v) is 22.5. The number of aryl methyl sites for hydroxylation is 2. The maximum atomic E-state index is 6.52. The molecule has 5 nitrogen and oxygen atoms in total. The van der Waals surface area contributed by atoms with E-state index in [0.29, 0.717) is 11.6 Å². The Balaban J connectivity index is 0.000000219. The predicted molar refractivity (Wildman–Crippen MR) is 261 cm³/mol. The Morgan fingerprint density at radius 2 is 1.38 bits per heavy atom.